The molecule has 1 aromatic rings. The summed E-state index contributed by atoms with van der Waals surface area (Å²) in [6.07, 6.45) is 0.937. The molecule has 1 N–H and O–H groups in total. The lowest BCUT2D eigenvalue weighted by atomic mass is 10.1. The quantitative estimate of drug-likeness (QED) is 0.466. The van der Waals surface area contributed by atoms with Gasteiger partial charge in [0.2, 0.25) is 5.96 Å². The van der Waals surface area contributed by atoms with E-state index < -0.39 is 12.2 Å². The Kier molecular flexibility index (Phi) is 5.34. The maximum absolute atomic E-state index is 12.8. The van der Waals surface area contributed by atoms with E-state index in [1.165, 1.54) is 15.9 Å². The standard InChI is InChI=1S/C19H24N6O3/c1-6-11-25-17(26)15-16(24(4)19(25)27)20-18(23(15)3)22-21-12(2)13-7-9-14(28-5)10-8-13/h6-10,15-16H,1,11H2,2-5H3,(H,20,22)/b21-12+. The fourth-order valence-electron chi connectivity index (χ4n) is 3.20. The highest BCUT2D eigenvalue weighted by molar-refractivity contribution is 6.04. The fourth-order valence-corrected chi connectivity index (χ4v) is 3.20. The third-order valence-electron chi connectivity index (χ3n) is 4.88. The van der Waals surface area contributed by atoms with Crippen molar-refractivity contribution in [3.63, 3.8) is 0 Å². The van der Waals surface area contributed by atoms with Crippen LogP contribution in [0.5, 0.6) is 5.75 Å². The number of carbonyl (C=O) groups is 2. The van der Waals surface area contributed by atoms with Gasteiger partial charge in [0.1, 0.15) is 5.75 Å². The first kappa shape index (κ1) is 19.4. The van der Waals surface area contributed by atoms with E-state index in [2.05, 4.69) is 22.1 Å². The Morgan fingerprint density at radius 2 is 1.96 bits per heavy atom. The molecule has 1 fully saturated rings. The van der Waals surface area contributed by atoms with Gasteiger partial charge in [0.15, 0.2) is 12.2 Å². The number of amides is 3. The molecule has 3 rings (SSSR count). The highest BCUT2D eigenvalue weighted by atomic mass is 16.5. The topological polar surface area (TPSA) is 89.8 Å². The number of nitrogens with one attached hydrogen (secondary N) is 1. The zero-order chi connectivity index (χ0) is 20.4. The van der Waals surface area contributed by atoms with Crippen LogP contribution in [0.25, 0.3) is 0 Å². The van der Waals surface area contributed by atoms with Crippen LogP contribution in [0.15, 0.2) is 47.0 Å². The van der Waals surface area contributed by atoms with E-state index >= 15 is 0 Å². The fraction of sp³-hybridized carbons (Fsp3) is 0.368. The van der Waals surface area contributed by atoms with Gasteiger partial charge < -0.3 is 14.5 Å². The van der Waals surface area contributed by atoms with E-state index in [4.69, 9.17) is 4.74 Å². The predicted octanol–water partition coefficient (Wildman–Crippen LogP) is 1.08. The van der Waals surface area contributed by atoms with Crippen LogP contribution in [0, 0.1) is 0 Å². The summed E-state index contributed by atoms with van der Waals surface area (Å²) in [5.74, 6) is 0.895. The molecule has 0 bridgehead atoms. The van der Waals surface area contributed by atoms with Crippen LogP contribution in [0.2, 0.25) is 0 Å². The Morgan fingerprint density at radius 1 is 1.29 bits per heavy atom. The second kappa shape index (κ2) is 7.71. The van der Waals surface area contributed by atoms with Gasteiger partial charge >= 0.3 is 6.03 Å². The zero-order valence-electron chi connectivity index (χ0n) is 16.4. The van der Waals surface area contributed by atoms with Crippen LogP contribution >= 0.6 is 0 Å². The molecular weight excluding hydrogens is 360 g/mol. The van der Waals surface area contributed by atoms with Crippen LogP contribution < -0.4 is 10.2 Å². The number of carbonyl (C=O) groups excluding carboxylic acids is 2. The van der Waals surface area contributed by atoms with Crippen molar-refractivity contribution in [1.82, 2.24) is 20.1 Å². The number of rotatable bonds is 5. The number of methoxy groups -OCH3 is 1. The first-order valence-electron chi connectivity index (χ1n) is 8.83. The second-order valence-corrected chi connectivity index (χ2v) is 6.59. The molecule has 1 aromatic carbocycles. The zero-order valence-corrected chi connectivity index (χ0v) is 16.4. The van der Waals surface area contributed by atoms with E-state index in [-0.39, 0.29) is 18.5 Å². The lowest BCUT2D eigenvalue weighted by Crippen LogP contribution is -2.64. The highest BCUT2D eigenvalue weighted by Crippen LogP contribution is 2.26. The van der Waals surface area contributed by atoms with Gasteiger partial charge in [-0.25, -0.2) is 15.2 Å². The minimum Gasteiger partial charge on any atom is -0.497 e. The van der Waals surface area contributed by atoms with E-state index in [0.717, 1.165) is 17.0 Å². The van der Waals surface area contributed by atoms with Crippen molar-refractivity contribution in [2.75, 3.05) is 27.7 Å². The van der Waals surface area contributed by atoms with Crippen LogP contribution in [0.1, 0.15) is 12.5 Å². The van der Waals surface area contributed by atoms with Gasteiger partial charge in [-0.15, -0.1) is 6.58 Å². The van der Waals surface area contributed by atoms with Crippen molar-refractivity contribution in [2.24, 2.45) is 10.1 Å². The van der Waals surface area contributed by atoms with Crippen LogP contribution in [0.4, 0.5) is 4.79 Å². The normalized spacial score (nSPS) is 22.2. The third kappa shape index (κ3) is 3.30. The van der Waals surface area contributed by atoms with Crippen molar-refractivity contribution < 1.29 is 14.3 Å². The Balaban J connectivity index is 1.78. The molecule has 0 saturated carbocycles. The number of hydrogen-bond donors (Lipinski definition) is 1. The number of nitrogens with zero attached hydrogens (tertiary/aromatic N) is 5. The van der Waals surface area contributed by atoms with Gasteiger partial charge in [-0.2, -0.15) is 5.10 Å². The molecule has 0 spiro atoms. The van der Waals surface area contributed by atoms with Gasteiger partial charge in [-0.3, -0.25) is 9.69 Å². The molecule has 2 unspecified atom stereocenters. The van der Waals surface area contributed by atoms with E-state index in [0.29, 0.717) is 5.96 Å². The van der Waals surface area contributed by atoms with E-state index in [9.17, 15) is 9.59 Å². The number of imide groups is 1. The molecule has 0 aliphatic carbocycles. The SMILES string of the molecule is C=CCN1C(=O)C2C(N=C(N/N=C(\C)c3ccc(OC)cc3)N2C)N(C)C1=O. The third-order valence-corrected chi connectivity index (χ3v) is 4.88. The molecule has 0 radical (unpaired) electrons. The molecule has 2 aliphatic rings. The molecule has 28 heavy (non-hydrogen) atoms. The summed E-state index contributed by atoms with van der Waals surface area (Å²) in [5.41, 5.74) is 4.59. The molecule has 2 atom stereocenters. The molecule has 0 aromatic heterocycles. The number of aliphatic imine (C=N–C) groups is 1. The number of urea groups is 1. The van der Waals surface area contributed by atoms with Crippen molar-refractivity contribution in [2.45, 2.75) is 19.1 Å². The summed E-state index contributed by atoms with van der Waals surface area (Å²) >= 11 is 0. The molecular formula is C19H24N6O3. The predicted molar refractivity (Wildman–Crippen MR) is 106 cm³/mol. The number of hydrogen-bond acceptors (Lipinski definition) is 7. The Morgan fingerprint density at radius 3 is 2.57 bits per heavy atom. The largest absolute Gasteiger partial charge is 0.497 e. The van der Waals surface area contributed by atoms with Crippen LogP contribution in [0.3, 0.4) is 0 Å². The van der Waals surface area contributed by atoms with Gasteiger partial charge in [0, 0.05) is 20.6 Å². The molecule has 1 saturated heterocycles. The molecule has 3 amide bonds. The van der Waals surface area contributed by atoms with Gasteiger partial charge in [0.05, 0.1) is 12.8 Å². The van der Waals surface area contributed by atoms with Crippen molar-refractivity contribution in [3.05, 3.63) is 42.5 Å². The lowest BCUT2D eigenvalue weighted by molar-refractivity contribution is -0.136. The summed E-state index contributed by atoms with van der Waals surface area (Å²) in [4.78, 5) is 34.0. The summed E-state index contributed by atoms with van der Waals surface area (Å²) < 4.78 is 5.16. The summed E-state index contributed by atoms with van der Waals surface area (Å²) in [6.45, 7) is 5.64. The average Bonchev–Trinajstić information content (AvgIpc) is 3.04. The minimum atomic E-state index is -0.596. The Hall–Kier alpha value is -3.36. The molecule has 148 valence electrons. The molecule has 9 heteroatoms. The van der Waals surface area contributed by atoms with Crippen LogP contribution in [-0.2, 0) is 4.79 Å². The smallest absolute Gasteiger partial charge is 0.328 e. The number of fused-ring (bicyclic) bond motifs is 1. The first-order chi connectivity index (χ1) is 13.4. The number of likely N-dealkylation sites (N-methyl/N-ethyl adjacent to an activating group) is 2. The highest BCUT2D eigenvalue weighted by Gasteiger charge is 2.50. The van der Waals surface area contributed by atoms with Gasteiger partial charge in [-0.05, 0) is 36.8 Å². The number of benzene rings is 1. The van der Waals surface area contributed by atoms with Gasteiger partial charge in [-0.1, -0.05) is 6.08 Å². The second-order valence-electron chi connectivity index (χ2n) is 6.59. The molecule has 2 aliphatic heterocycles. The van der Waals surface area contributed by atoms with E-state index in [1.807, 2.05) is 31.2 Å². The Labute approximate surface area is 164 Å². The lowest BCUT2D eigenvalue weighted by Gasteiger charge is -2.39. The van der Waals surface area contributed by atoms with Gasteiger partial charge in [0.25, 0.3) is 5.91 Å². The minimum absolute atomic E-state index is 0.163. The molecule has 9 nitrogen and oxygen atoms in total. The van der Waals surface area contributed by atoms with Crippen LogP contribution in [-0.4, -0.2) is 78.3 Å². The summed E-state index contributed by atoms with van der Waals surface area (Å²) in [7, 11) is 5.00. The summed E-state index contributed by atoms with van der Waals surface area (Å²) in [6, 6.07) is 6.54. The monoisotopic (exact) mass is 384 g/mol. The number of guanidine groups is 1. The first-order valence-corrected chi connectivity index (χ1v) is 8.83. The number of ether oxygens (including phenoxy) is 1. The number of hydrazone groups is 1. The molecule has 2 heterocycles. The maximum atomic E-state index is 12.8. The van der Waals surface area contributed by atoms with Crippen molar-refractivity contribution >= 4 is 23.6 Å². The van der Waals surface area contributed by atoms with Crippen molar-refractivity contribution in [3.8, 4) is 5.75 Å². The summed E-state index contributed by atoms with van der Waals surface area (Å²) in [5, 5.41) is 4.37. The van der Waals surface area contributed by atoms with Crippen molar-refractivity contribution in [1.29, 1.82) is 0 Å². The Bertz CT molecular complexity index is 848. The van der Waals surface area contributed by atoms with E-state index in [1.54, 1.807) is 26.1 Å². The maximum Gasteiger partial charge on any atom is 0.328 e. The average molecular weight is 384 g/mol.